The van der Waals surface area contributed by atoms with E-state index in [2.05, 4.69) is 34.8 Å². The number of hydrogen-bond acceptors (Lipinski definition) is 4. The zero-order chi connectivity index (χ0) is 15.2. The van der Waals surface area contributed by atoms with Crippen molar-refractivity contribution in [1.29, 1.82) is 0 Å². The second-order valence-electron chi connectivity index (χ2n) is 5.84. The van der Waals surface area contributed by atoms with Crippen LogP contribution in [0.15, 0.2) is 0 Å². The van der Waals surface area contributed by atoms with Crippen molar-refractivity contribution in [3.63, 3.8) is 0 Å². The lowest BCUT2D eigenvalue weighted by atomic mass is 10.0. The highest BCUT2D eigenvalue weighted by Crippen LogP contribution is 2.20. The minimum Gasteiger partial charge on any atom is -0.350 e. The van der Waals surface area contributed by atoms with E-state index in [-0.39, 0.29) is 18.3 Å². The quantitative estimate of drug-likeness (QED) is 0.838. The van der Waals surface area contributed by atoms with Crippen LogP contribution < -0.4 is 10.6 Å². The first-order valence-corrected chi connectivity index (χ1v) is 8.08. The van der Waals surface area contributed by atoms with Crippen LogP contribution in [0.5, 0.6) is 0 Å². The van der Waals surface area contributed by atoms with Gasteiger partial charge in [0.25, 0.3) is 5.91 Å². The van der Waals surface area contributed by atoms with Crippen molar-refractivity contribution in [1.82, 2.24) is 25.6 Å². The maximum absolute atomic E-state index is 12.3. The van der Waals surface area contributed by atoms with Crippen LogP contribution in [0.4, 0.5) is 0 Å². The van der Waals surface area contributed by atoms with Crippen LogP contribution in [0.25, 0.3) is 0 Å². The van der Waals surface area contributed by atoms with Gasteiger partial charge in [0, 0.05) is 6.54 Å². The molecule has 1 fully saturated rings. The molecule has 0 saturated carbocycles. The number of hydrogen-bond donors (Lipinski definition) is 2. The lowest BCUT2D eigenvalue weighted by Gasteiger charge is -2.23. The first-order chi connectivity index (χ1) is 10.2. The summed E-state index contributed by atoms with van der Waals surface area (Å²) in [6, 6.07) is 0.360. The third-order valence-electron chi connectivity index (χ3n) is 4.50. The van der Waals surface area contributed by atoms with Crippen molar-refractivity contribution < 1.29 is 4.79 Å². The number of aromatic nitrogens is 3. The van der Waals surface area contributed by atoms with Gasteiger partial charge in [0.15, 0.2) is 5.69 Å². The van der Waals surface area contributed by atoms with Gasteiger partial charge in [0.05, 0.1) is 11.7 Å². The Kier molecular flexibility index (Phi) is 7.82. The Bertz CT molecular complexity index is 466. The third-order valence-corrected chi connectivity index (χ3v) is 4.50. The number of piperidine rings is 1. The number of carbonyl (C=O) groups excluding carboxylic acids is 1. The fourth-order valence-electron chi connectivity index (χ4n) is 2.85. The van der Waals surface area contributed by atoms with Crippen LogP contribution in [0.1, 0.15) is 61.8 Å². The predicted octanol–water partition coefficient (Wildman–Crippen LogP) is 2.10. The molecule has 0 radical (unpaired) electrons. The van der Waals surface area contributed by atoms with Gasteiger partial charge in [-0.25, -0.2) is 4.68 Å². The van der Waals surface area contributed by atoms with Gasteiger partial charge in [-0.1, -0.05) is 31.9 Å². The molecule has 0 bridgehead atoms. The molecule has 1 aliphatic heterocycles. The molecule has 2 rings (SSSR count). The van der Waals surface area contributed by atoms with E-state index in [9.17, 15) is 4.79 Å². The maximum atomic E-state index is 12.3. The molecule has 0 aliphatic carbocycles. The highest BCUT2D eigenvalue weighted by molar-refractivity contribution is 5.93. The zero-order valence-corrected chi connectivity index (χ0v) is 14.6. The van der Waals surface area contributed by atoms with E-state index in [1.165, 1.54) is 0 Å². The minimum atomic E-state index is -0.0976. The molecule has 1 aliphatic rings. The fraction of sp³-hybridized carbons (Fsp3) is 0.800. The van der Waals surface area contributed by atoms with E-state index in [1.54, 1.807) is 0 Å². The van der Waals surface area contributed by atoms with Gasteiger partial charge in [-0.15, -0.1) is 17.5 Å². The Morgan fingerprint density at radius 1 is 1.36 bits per heavy atom. The van der Waals surface area contributed by atoms with Crippen LogP contribution in [0, 0.1) is 12.8 Å². The lowest BCUT2D eigenvalue weighted by molar-refractivity contribution is 0.0940. The highest BCUT2D eigenvalue weighted by atomic mass is 35.5. The maximum Gasteiger partial charge on any atom is 0.273 e. The van der Waals surface area contributed by atoms with Gasteiger partial charge in [-0.05, 0) is 38.8 Å². The van der Waals surface area contributed by atoms with Gasteiger partial charge in [-0.3, -0.25) is 4.79 Å². The molecular formula is C15H28ClN5O. The minimum absolute atomic E-state index is 0. The summed E-state index contributed by atoms with van der Waals surface area (Å²) in [6.07, 6.45) is 4.24. The van der Waals surface area contributed by atoms with E-state index in [0.29, 0.717) is 24.2 Å². The van der Waals surface area contributed by atoms with Crippen LogP contribution in [-0.4, -0.2) is 40.5 Å². The summed E-state index contributed by atoms with van der Waals surface area (Å²) in [7, 11) is 0. The number of nitrogens with zero attached hydrogens (tertiary/aromatic N) is 3. The third kappa shape index (κ3) is 4.43. The second kappa shape index (κ2) is 9.10. The highest BCUT2D eigenvalue weighted by Gasteiger charge is 2.22. The van der Waals surface area contributed by atoms with Crippen molar-refractivity contribution in [2.75, 3.05) is 19.6 Å². The van der Waals surface area contributed by atoms with Gasteiger partial charge >= 0.3 is 0 Å². The van der Waals surface area contributed by atoms with E-state index in [4.69, 9.17) is 0 Å². The molecular weight excluding hydrogens is 302 g/mol. The van der Waals surface area contributed by atoms with Crippen molar-refractivity contribution in [2.24, 2.45) is 5.92 Å². The largest absolute Gasteiger partial charge is 0.350 e. The summed E-state index contributed by atoms with van der Waals surface area (Å²) >= 11 is 0. The first kappa shape index (κ1) is 18.9. The fourth-order valence-corrected chi connectivity index (χ4v) is 2.85. The zero-order valence-electron chi connectivity index (χ0n) is 13.8. The summed E-state index contributed by atoms with van der Waals surface area (Å²) in [5, 5.41) is 14.6. The van der Waals surface area contributed by atoms with Gasteiger partial charge < -0.3 is 10.6 Å². The van der Waals surface area contributed by atoms with Crippen molar-refractivity contribution >= 4 is 18.3 Å². The molecule has 0 spiro atoms. The number of halogens is 1. The van der Waals surface area contributed by atoms with E-state index in [0.717, 1.165) is 44.5 Å². The Balaban J connectivity index is 0.00000242. The van der Waals surface area contributed by atoms with Gasteiger partial charge in [0.2, 0.25) is 0 Å². The topological polar surface area (TPSA) is 71.8 Å². The Morgan fingerprint density at radius 2 is 2.00 bits per heavy atom. The summed E-state index contributed by atoms with van der Waals surface area (Å²) < 4.78 is 1.92. The lowest BCUT2D eigenvalue weighted by Crippen LogP contribution is -2.31. The Morgan fingerprint density at radius 3 is 2.59 bits per heavy atom. The molecule has 0 aromatic carbocycles. The normalized spacial score (nSPS) is 15.6. The molecule has 1 amide bonds. The second-order valence-corrected chi connectivity index (χ2v) is 5.84. The first-order valence-electron chi connectivity index (χ1n) is 8.08. The molecule has 2 heterocycles. The Labute approximate surface area is 138 Å². The molecule has 2 N–H and O–H groups in total. The summed E-state index contributed by atoms with van der Waals surface area (Å²) in [5.74, 6) is 0.438. The van der Waals surface area contributed by atoms with Crippen LogP contribution in [0.2, 0.25) is 0 Å². The molecule has 1 saturated heterocycles. The molecule has 1 aromatic rings. The molecule has 6 nitrogen and oxygen atoms in total. The van der Waals surface area contributed by atoms with Crippen LogP contribution >= 0.6 is 12.4 Å². The average Bonchev–Trinajstić information content (AvgIpc) is 2.90. The summed E-state index contributed by atoms with van der Waals surface area (Å²) in [5.41, 5.74) is 1.35. The number of nitrogens with one attached hydrogen (secondary N) is 2. The standard InChI is InChI=1S/C15H27N5O.ClH/c1-4-12(5-2)10-17-15(21)14-11(3)20(19-18-14)13-6-8-16-9-7-13;/h12-13,16H,4-10H2,1-3H3,(H,17,21);1H. The average molecular weight is 330 g/mol. The number of rotatable bonds is 6. The van der Waals surface area contributed by atoms with Crippen molar-refractivity contribution in [3.8, 4) is 0 Å². The molecule has 0 atom stereocenters. The molecule has 1 aromatic heterocycles. The molecule has 0 unspecified atom stereocenters. The summed E-state index contributed by atoms with van der Waals surface area (Å²) in [4.78, 5) is 12.3. The summed E-state index contributed by atoms with van der Waals surface area (Å²) in [6.45, 7) is 8.96. The monoisotopic (exact) mass is 329 g/mol. The van der Waals surface area contributed by atoms with Crippen LogP contribution in [0.3, 0.4) is 0 Å². The van der Waals surface area contributed by atoms with Gasteiger partial charge in [-0.2, -0.15) is 0 Å². The SMILES string of the molecule is CCC(CC)CNC(=O)c1nnn(C2CCNCC2)c1C.Cl. The van der Waals surface area contributed by atoms with Crippen LogP contribution in [-0.2, 0) is 0 Å². The number of carbonyl (C=O) groups is 1. The Hall–Kier alpha value is -1.14. The molecule has 7 heteroatoms. The van der Waals surface area contributed by atoms with E-state index >= 15 is 0 Å². The van der Waals surface area contributed by atoms with Crippen molar-refractivity contribution in [2.45, 2.75) is 52.5 Å². The van der Waals surface area contributed by atoms with Gasteiger partial charge in [0.1, 0.15) is 0 Å². The van der Waals surface area contributed by atoms with E-state index in [1.807, 2.05) is 11.6 Å². The number of amides is 1. The smallest absolute Gasteiger partial charge is 0.273 e. The molecule has 22 heavy (non-hydrogen) atoms. The predicted molar refractivity (Wildman–Crippen MR) is 89.6 cm³/mol. The van der Waals surface area contributed by atoms with E-state index < -0.39 is 0 Å². The molecule has 126 valence electrons. The van der Waals surface area contributed by atoms with Crippen molar-refractivity contribution in [3.05, 3.63) is 11.4 Å².